The van der Waals surface area contributed by atoms with Crippen molar-refractivity contribution in [2.24, 2.45) is 0 Å². The number of benzene rings is 1. The largest absolute Gasteiger partial charge is 0.496 e. The summed E-state index contributed by atoms with van der Waals surface area (Å²) in [5.41, 5.74) is 2.75. The van der Waals surface area contributed by atoms with E-state index in [4.69, 9.17) is 9.84 Å². The van der Waals surface area contributed by atoms with Crippen LogP contribution in [-0.2, 0) is 11.2 Å². The number of hydrogen-bond acceptors (Lipinski definition) is 6. The predicted octanol–water partition coefficient (Wildman–Crippen LogP) is 2.25. The van der Waals surface area contributed by atoms with Gasteiger partial charge in [-0.1, -0.05) is 17.8 Å². The number of carbonyl (C=O) groups excluding carboxylic acids is 1. The Morgan fingerprint density at radius 1 is 1.19 bits per heavy atom. The summed E-state index contributed by atoms with van der Waals surface area (Å²) in [4.78, 5) is 31.5. The van der Waals surface area contributed by atoms with Gasteiger partial charge in [-0.25, -0.2) is 14.8 Å². The van der Waals surface area contributed by atoms with Gasteiger partial charge in [0.15, 0.2) is 5.16 Å². The normalized spacial score (nSPS) is 10.4. The zero-order chi connectivity index (χ0) is 19.1. The number of carboxylic acid groups (broad SMARTS) is 1. The number of carboxylic acids is 1. The monoisotopic (exact) mass is 375 g/mol. The van der Waals surface area contributed by atoms with Crippen molar-refractivity contribution in [1.82, 2.24) is 15.3 Å². The van der Waals surface area contributed by atoms with Crippen LogP contribution in [0.3, 0.4) is 0 Å². The number of aryl methyl sites for hydroxylation is 2. The highest BCUT2D eigenvalue weighted by atomic mass is 32.2. The van der Waals surface area contributed by atoms with Gasteiger partial charge in [0.25, 0.3) is 0 Å². The third-order valence-corrected chi connectivity index (χ3v) is 4.39. The molecular formula is C18H21N3O4S. The van der Waals surface area contributed by atoms with Gasteiger partial charge >= 0.3 is 5.97 Å². The maximum atomic E-state index is 12.0. The quantitative estimate of drug-likeness (QED) is 0.539. The Kier molecular flexibility index (Phi) is 6.97. The van der Waals surface area contributed by atoms with Crippen LogP contribution in [0.1, 0.15) is 27.3 Å². The maximum absolute atomic E-state index is 12.0. The fourth-order valence-electron chi connectivity index (χ4n) is 2.36. The van der Waals surface area contributed by atoms with Gasteiger partial charge in [-0.05, 0) is 44.0 Å². The van der Waals surface area contributed by atoms with E-state index in [9.17, 15) is 9.59 Å². The molecule has 0 atom stereocenters. The molecule has 0 aliphatic carbocycles. The number of aromatic nitrogens is 2. The first-order chi connectivity index (χ1) is 12.4. The summed E-state index contributed by atoms with van der Waals surface area (Å²) < 4.78 is 5.22. The topological polar surface area (TPSA) is 101 Å². The van der Waals surface area contributed by atoms with Crippen LogP contribution >= 0.6 is 11.8 Å². The second kappa shape index (κ2) is 9.19. The summed E-state index contributed by atoms with van der Waals surface area (Å²) in [5, 5.41) is 12.4. The SMILES string of the molecule is COc1cc(C(=O)O)ccc1CCNC(=O)CSc1nc(C)cc(C)n1. The van der Waals surface area contributed by atoms with E-state index >= 15 is 0 Å². The van der Waals surface area contributed by atoms with E-state index < -0.39 is 5.97 Å². The molecule has 2 aromatic rings. The summed E-state index contributed by atoms with van der Waals surface area (Å²) in [6.45, 7) is 4.21. The van der Waals surface area contributed by atoms with Gasteiger partial charge in [0.05, 0.1) is 18.4 Å². The highest BCUT2D eigenvalue weighted by Crippen LogP contribution is 2.20. The summed E-state index contributed by atoms with van der Waals surface area (Å²) in [5.74, 6) is -0.386. The second-order valence-electron chi connectivity index (χ2n) is 5.65. The number of carbonyl (C=O) groups is 2. The first kappa shape index (κ1) is 19.7. The van der Waals surface area contributed by atoms with Crippen molar-refractivity contribution < 1.29 is 19.4 Å². The van der Waals surface area contributed by atoms with Crippen molar-refractivity contribution >= 4 is 23.6 Å². The van der Waals surface area contributed by atoms with E-state index in [0.717, 1.165) is 17.0 Å². The van der Waals surface area contributed by atoms with Crippen molar-refractivity contribution in [3.05, 3.63) is 46.8 Å². The lowest BCUT2D eigenvalue weighted by Gasteiger charge is -2.10. The third-order valence-electron chi connectivity index (χ3n) is 3.54. The molecular weight excluding hydrogens is 354 g/mol. The molecule has 2 N–H and O–H groups in total. The molecule has 1 amide bonds. The molecule has 1 heterocycles. The minimum absolute atomic E-state index is 0.112. The fraction of sp³-hybridized carbons (Fsp3) is 0.333. The molecule has 0 radical (unpaired) electrons. The lowest BCUT2D eigenvalue weighted by Crippen LogP contribution is -2.27. The van der Waals surface area contributed by atoms with Gasteiger partial charge in [0.1, 0.15) is 5.75 Å². The minimum atomic E-state index is -1.01. The number of aromatic carboxylic acids is 1. The Hall–Kier alpha value is -2.61. The fourth-order valence-corrected chi connectivity index (χ4v) is 3.14. The number of hydrogen-bond donors (Lipinski definition) is 2. The molecule has 26 heavy (non-hydrogen) atoms. The molecule has 0 unspecified atom stereocenters. The van der Waals surface area contributed by atoms with Crippen molar-refractivity contribution in [2.45, 2.75) is 25.4 Å². The highest BCUT2D eigenvalue weighted by Gasteiger charge is 2.10. The molecule has 0 spiro atoms. The van der Waals surface area contributed by atoms with Crippen LogP contribution in [-0.4, -0.2) is 46.4 Å². The van der Waals surface area contributed by atoms with Crippen molar-refractivity contribution in [3.63, 3.8) is 0 Å². The molecule has 0 saturated carbocycles. The molecule has 0 bridgehead atoms. The number of nitrogens with one attached hydrogen (secondary N) is 1. The Morgan fingerprint density at radius 3 is 2.50 bits per heavy atom. The zero-order valence-electron chi connectivity index (χ0n) is 14.9. The van der Waals surface area contributed by atoms with Crippen LogP contribution < -0.4 is 10.1 Å². The number of amides is 1. The van der Waals surface area contributed by atoms with Gasteiger partial charge < -0.3 is 15.2 Å². The number of thioether (sulfide) groups is 1. The van der Waals surface area contributed by atoms with Crippen LogP contribution in [0.25, 0.3) is 0 Å². The van der Waals surface area contributed by atoms with Crippen molar-refractivity contribution in [3.8, 4) is 5.75 Å². The van der Waals surface area contributed by atoms with E-state index in [-0.39, 0.29) is 17.2 Å². The third kappa shape index (κ3) is 5.73. The molecule has 0 saturated heterocycles. The highest BCUT2D eigenvalue weighted by molar-refractivity contribution is 7.99. The van der Waals surface area contributed by atoms with Gasteiger partial charge in [-0.2, -0.15) is 0 Å². The van der Waals surface area contributed by atoms with E-state index in [1.807, 2.05) is 19.9 Å². The second-order valence-corrected chi connectivity index (χ2v) is 6.60. The van der Waals surface area contributed by atoms with E-state index in [1.165, 1.54) is 31.0 Å². The molecule has 138 valence electrons. The zero-order valence-corrected chi connectivity index (χ0v) is 15.7. The molecule has 1 aromatic heterocycles. The van der Waals surface area contributed by atoms with Crippen molar-refractivity contribution in [1.29, 1.82) is 0 Å². The van der Waals surface area contributed by atoms with Crippen LogP contribution in [0, 0.1) is 13.8 Å². The number of methoxy groups -OCH3 is 1. The first-order valence-electron chi connectivity index (χ1n) is 8.01. The van der Waals surface area contributed by atoms with E-state index in [1.54, 1.807) is 6.07 Å². The summed E-state index contributed by atoms with van der Waals surface area (Å²) in [6.07, 6.45) is 0.541. The summed E-state index contributed by atoms with van der Waals surface area (Å²) in [7, 11) is 1.49. The number of nitrogens with zero attached hydrogens (tertiary/aromatic N) is 2. The van der Waals surface area contributed by atoms with Gasteiger partial charge in [0, 0.05) is 17.9 Å². The predicted molar refractivity (Wildman–Crippen MR) is 98.9 cm³/mol. The first-order valence-corrected chi connectivity index (χ1v) is 8.99. The van der Waals surface area contributed by atoms with Crippen molar-refractivity contribution in [2.75, 3.05) is 19.4 Å². The lowest BCUT2D eigenvalue weighted by molar-refractivity contribution is -0.118. The molecule has 1 aromatic carbocycles. The molecule has 0 aliphatic rings. The lowest BCUT2D eigenvalue weighted by atomic mass is 10.1. The molecule has 8 heteroatoms. The Labute approximate surface area is 156 Å². The Bertz CT molecular complexity index is 791. The number of ether oxygens (including phenoxy) is 1. The standard InChI is InChI=1S/C18H21N3O4S/c1-11-8-12(2)21-18(20-11)26-10-16(22)19-7-6-13-4-5-14(17(23)24)9-15(13)25-3/h4-5,8-9H,6-7,10H2,1-3H3,(H,19,22)(H,23,24). The molecule has 0 aliphatic heterocycles. The van der Waals surface area contributed by atoms with E-state index in [2.05, 4.69) is 15.3 Å². The van der Waals surface area contributed by atoms with Crippen LogP contribution in [0.4, 0.5) is 0 Å². The van der Waals surface area contributed by atoms with Gasteiger partial charge in [0.2, 0.25) is 5.91 Å². The van der Waals surface area contributed by atoms with Gasteiger partial charge in [-0.3, -0.25) is 4.79 Å². The molecule has 0 fully saturated rings. The number of rotatable bonds is 8. The summed E-state index contributed by atoms with van der Waals surface area (Å²) in [6, 6.07) is 6.59. The Morgan fingerprint density at radius 2 is 1.88 bits per heavy atom. The summed E-state index contributed by atoms with van der Waals surface area (Å²) >= 11 is 1.29. The maximum Gasteiger partial charge on any atom is 0.335 e. The smallest absolute Gasteiger partial charge is 0.335 e. The van der Waals surface area contributed by atoms with Crippen LogP contribution in [0.5, 0.6) is 5.75 Å². The van der Waals surface area contributed by atoms with Gasteiger partial charge in [-0.15, -0.1) is 0 Å². The van der Waals surface area contributed by atoms with E-state index in [0.29, 0.717) is 23.9 Å². The Balaban J connectivity index is 1.83. The van der Waals surface area contributed by atoms with Crippen LogP contribution in [0.2, 0.25) is 0 Å². The average Bonchev–Trinajstić information content (AvgIpc) is 2.59. The van der Waals surface area contributed by atoms with Crippen LogP contribution in [0.15, 0.2) is 29.4 Å². The molecule has 7 nitrogen and oxygen atoms in total. The minimum Gasteiger partial charge on any atom is -0.496 e. The molecule has 2 rings (SSSR count). The average molecular weight is 375 g/mol.